The SMILES string of the molecule is CCC[C@@H](C)Nc1cccc2cn[nH]c12. The fourth-order valence-electron chi connectivity index (χ4n) is 1.86. The van der Waals surface area contributed by atoms with E-state index < -0.39 is 0 Å². The van der Waals surface area contributed by atoms with Gasteiger partial charge in [-0.25, -0.2) is 0 Å². The van der Waals surface area contributed by atoms with Gasteiger partial charge in [-0.1, -0.05) is 25.5 Å². The zero-order valence-electron chi connectivity index (χ0n) is 9.25. The number of benzene rings is 1. The van der Waals surface area contributed by atoms with E-state index in [1.54, 1.807) is 0 Å². The third-order valence-corrected chi connectivity index (χ3v) is 2.60. The van der Waals surface area contributed by atoms with Crippen molar-refractivity contribution in [3.8, 4) is 0 Å². The number of fused-ring (bicyclic) bond motifs is 1. The maximum atomic E-state index is 4.05. The molecule has 0 fully saturated rings. The number of anilines is 1. The highest BCUT2D eigenvalue weighted by atomic mass is 15.1. The summed E-state index contributed by atoms with van der Waals surface area (Å²) < 4.78 is 0. The summed E-state index contributed by atoms with van der Waals surface area (Å²) in [5.41, 5.74) is 2.24. The number of nitrogens with one attached hydrogen (secondary N) is 2. The first-order chi connectivity index (χ1) is 7.31. The molecule has 0 saturated carbocycles. The minimum Gasteiger partial charge on any atom is -0.381 e. The molecule has 3 heteroatoms. The highest BCUT2D eigenvalue weighted by Gasteiger charge is 2.05. The number of para-hydroxylation sites is 1. The van der Waals surface area contributed by atoms with Crippen molar-refractivity contribution in [2.45, 2.75) is 32.7 Å². The average molecular weight is 203 g/mol. The maximum Gasteiger partial charge on any atom is 0.0881 e. The Hall–Kier alpha value is -1.51. The van der Waals surface area contributed by atoms with Crippen LogP contribution in [0.4, 0.5) is 5.69 Å². The molecule has 1 atom stereocenters. The van der Waals surface area contributed by atoms with E-state index >= 15 is 0 Å². The van der Waals surface area contributed by atoms with Crippen molar-refractivity contribution < 1.29 is 0 Å². The summed E-state index contributed by atoms with van der Waals surface area (Å²) in [5, 5.41) is 11.7. The van der Waals surface area contributed by atoms with E-state index in [9.17, 15) is 0 Å². The molecule has 0 aliphatic rings. The molecular formula is C12H17N3. The smallest absolute Gasteiger partial charge is 0.0881 e. The number of hydrogen-bond donors (Lipinski definition) is 2. The molecule has 3 nitrogen and oxygen atoms in total. The molecule has 0 spiro atoms. The maximum absolute atomic E-state index is 4.05. The molecule has 2 aromatic rings. The van der Waals surface area contributed by atoms with Crippen LogP contribution in [0.2, 0.25) is 0 Å². The van der Waals surface area contributed by atoms with Gasteiger partial charge in [0, 0.05) is 11.4 Å². The molecule has 1 aromatic carbocycles. The van der Waals surface area contributed by atoms with Gasteiger partial charge in [0.1, 0.15) is 0 Å². The van der Waals surface area contributed by atoms with Gasteiger partial charge >= 0.3 is 0 Å². The molecule has 1 aromatic heterocycles. The fraction of sp³-hybridized carbons (Fsp3) is 0.417. The van der Waals surface area contributed by atoms with Gasteiger partial charge in [-0.3, -0.25) is 5.10 Å². The Labute approximate surface area is 89.9 Å². The van der Waals surface area contributed by atoms with Gasteiger partial charge in [0.05, 0.1) is 17.4 Å². The molecule has 0 aliphatic carbocycles. The molecule has 2 rings (SSSR count). The largest absolute Gasteiger partial charge is 0.381 e. The molecular weight excluding hydrogens is 186 g/mol. The second kappa shape index (κ2) is 4.34. The first-order valence-corrected chi connectivity index (χ1v) is 5.50. The number of aromatic nitrogens is 2. The number of hydrogen-bond acceptors (Lipinski definition) is 2. The highest BCUT2D eigenvalue weighted by Crippen LogP contribution is 2.21. The van der Waals surface area contributed by atoms with Crippen LogP contribution in [0.15, 0.2) is 24.4 Å². The molecule has 0 aliphatic heterocycles. The summed E-state index contributed by atoms with van der Waals surface area (Å²) in [6.07, 6.45) is 4.24. The topological polar surface area (TPSA) is 40.7 Å². The third kappa shape index (κ3) is 2.12. The zero-order chi connectivity index (χ0) is 10.7. The first kappa shape index (κ1) is 10.0. The van der Waals surface area contributed by atoms with Crippen molar-refractivity contribution in [2.75, 3.05) is 5.32 Å². The minimum absolute atomic E-state index is 0.504. The van der Waals surface area contributed by atoms with E-state index in [1.165, 1.54) is 12.8 Å². The minimum atomic E-state index is 0.504. The van der Waals surface area contributed by atoms with Crippen molar-refractivity contribution >= 4 is 16.6 Å². The molecule has 0 unspecified atom stereocenters. The van der Waals surface area contributed by atoms with E-state index in [-0.39, 0.29) is 0 Å². The summed E-state index contributed by atoms with van der Waals surface area (Å²) >= 11 is 0. The van der Waals surface area contributed by atoms with Crippen molar-refractivity contribution in [2.24, 2.45) is 0 Å². The highest BCUT2D eigenvalue weighted by molar-refractivity contribution is 5.89. The van der Waals surface area contributed by atoms with Gasteiger partial charge < -0.3 is 5.32 Å². The van der Waals surface area contributed by atoms with Crippen molar-refractivity contribution in [1.82, 2.24) is 10.2 Å². The average Bonchev–Trinajstić information content (AvgIpc) is 2.67. The molecule has 2 N–H and O–H groups in total. The van der Waals surface area contributed by atoms with Crippen LogP contribution in [0.3, 0.4) is 0 Å². The monoisotopic (exact) mass is 203 g/mol. The van der Waals surface area contributed by atoms with Crippen LogP contribution >= 0.6 is 0 Å². The summed E-state index contributed by atoms with van der Waals surface area (Å²) in [5.74, 6) is 0. The van der Waals surface area contributed by atoms with E-state index in [4.69, 9.17) is 0 Å². The lowest BCUT2D eigenvalue weighted by Gasteiger charge is -2.14. The van der Waals surface area contributed by atoms with Crippen LogP contribution in [0.1, 0.15) is 26.7 Å². The first-order valence-electron chi connectivity index (χ1n) is 5.50. The number of H-pyrrole nitrogens is 1. The Morgan fingerprint density at radius 3 is 3.13 bits per heavy atom. The van der Waals surface area contributed by atoms with Crippen LogP contribution in [0.25, 0.3) is 10.9 Å². The second-order valence-electron chi connectivity index (χ2n) is 3.97. The predicted molar refractivity (Wildman–Crippen MR) is 64.1 cm³/mol. The number of aromatic amines is 1. The van der Waals surface area contributed by atoms with Crippen molar-refractivity contribution in [1.29, 1.82) is 0 Å². The predicted octanol–water partition coefficient (Wildman–Crippen LogP) is 3.16. The third-order valence-electron chi connectivity index (χ3n) is 2.60. The molecule has 1 heterocycles. The summed E-state index contributed by atoms with van der Waals surface area (Å²) in [4.78, 5) is 0. The lowest BCUT2D eigenvalue weighted by Crippen LogP contribution is -2.14. The zero-order valence-corrected chi connectivity index (χ0v) is 9.25. The second-order valence-corrected chi connectivity index (χ2v) is 3.97. The van der Waals surface area contributed by atoms with Gasteiger partial charge in [0.25, 0.3) is 0 Å². The normalized spacial score (nSPS) is 12.9. The number of nitrogens with zero attached hydrogens (tertiary/aromatic N) is 1. The molecule has 15 heavy (non-hydrogen) atoms. The van der Waals surface area contributed by atoms with E-state index in [0.29, 0.717) is 6.04 Å². The van der Waals surface area contributed by atoms with Crippen LogP contribution in [0, 0.1) is 0 Å². The van der Waals surface area contributed by atoms with Gasteiger partial charge in [-0.2, -0.15) is 5.10 Å². The van der Waals surface area contributed by atoms with Crippen LogP contribution in [-0.2, 0) is 0 Å². The fourth-order valence-corrected chi connectivity index (χ4v) is 1.86. The Balaban J connectivity index is 2.23. The van der Waals surface area contributed by atoms with E-state index in [0.717, 1.165) is 16.6 Å². The van der Waals surface area contributed by atoms with E-state index in [1.807, 2.05) is 6.20 Å². The Morgan fingerprint density at radius 2 is 2.33 bits per heavy atom. The number of rotatable bonds is 4. The van der Waals surface area contributed by atoms with Gasteiger partial charge in [0.15, 0.2) is 0 Å². The summed E-state index contributed by atoms with van der Waals surface area (Å²) in [7, 11) is 0. The molecule has 0 bridgehead atoms. The summed E-state index contributed by atoms with van der Waals surface area (Å²) in [6, 6.07) is 6.71. The van der Waals surface area contributed by atoms with Crippen LogP contribution < -0.4 is 5.32 Å². The van der Waals surface area contributed by atoms with Crippen LogP contribution in [-0.4, -0.2) is 16.2 Å². The Kier molecular flexibility index (Phi) is 2.90. The van der Waals surface area contributed by atoms with Crippen molar-refractivity contribution in [3.05, 3.63) is 24.4 Å². The quantitative estimate of drug-likeness (QED) is 0.801. The molecule has 0 saturated heterocycles. The Bertz CT molecular complexity index is 433. The lowest BCUT2D eigenvalue weighted by atomic mass is 10.1. The molecule has 0 radical (unpaired) electrons. The molecule has 0 amide bonds. The van der Waals surface area contributed by atoms with Crippen LogP contribution in [0.5, 0.6) is 0 Å². The molecule has 80 valence electrons. The summed E-state index contributed by atoms with van der Waals surface area (Å²) in [6.45, 7) is 4.41. The van der Waals surface area contributed by atoms with E-state index in [2.05, 4.69) is 47.6 Å². The lowest BCUT2D eigenvalue weighted by molar-refractivity contribution is 0.691. The van der Waals surface area contributed by atoms with Gasteiger partial charge in [-0.15, -0.1) is 0 Å². The van der Waals surface area contributed by atoms with Gasteiger partial charge in [-0.05, 0) is 19.4 Å². The standard InChI is InChI=1S/C12H17N3/c1-3-5-9(2)14-11-7-4-6-10-8-13-15-12(10)11/h4,6-9,14H,3,5H2,1-2H3,(H,13,15)/t9-/m1/s1. The van der Waals surface area contributed by atoms with Gasteiger partial charge in [0.2, 0.25) is 0 Å². The van der Waals surface area contributed by atoms with Crippen molar-refractivity contribution in [3.63, 3.8) is 0 Å². The Morgan fingerprint density at radius 1 is 1.47 bits per heavy atom.